The lowest BCUT2D eigenvalue weighted by molar-refractivity contribution is 0.222. The van der Waals surface area contributed by atoms with Crippen LogP contribution in [0, 0.1) is 17.8 Å². The summed E-state index contributed by atoms with van der Waals surface area (Å²) in [6.07, 6.45) is 20.5. The molecule has 32 heavy (non-hydrogen) atoms. The van der Waals surface area contributed by atoms with Crippen LogP contribution in [0.1, 0.15) is 108 Å². The Morgan fingerprint density at radius 2 is 1.06 bits per heavy atom. The predicted octanol–water partition coefficient (Wildman–Crippen LogP) is 10.4. The molecule has 0 unspecified atom stereocenters. The van der Waals surface area contributed by atoms with Crippen LogP contribution in [0.5, 0.6) is 0 Å². The summed E-state index contributed by atoms with van der Waals surface area (Å²) in [7, 11) is 0. The Labute approximate surface area is 202 Å². The SMILES string of the molecule is CCCCCC1CCC(CCC2CCC(c3ccc(-c4ccc(Cl)cc4)cc3)CC2)CC1. The molecule has 0 amide bonds. The van der Waals surface area contributed by atoms with Crippen LogP contribution in [-0.2, 0) is 0 Å². The zero-order chi connectivity index (χ0) is 22.2. The van der Waals surface area contributed by atoms with Gasteiger partial charge in [-0.3, -0.25) is 0 Å². The summed E-state index contributed by atoms with van der Waals surface area (Å²) in [6, 6.07) is 17.5. The fraction of sp³-hybridized carbons (Fsp3) is 0.613. The van der Waals surface area contributed by atoms with E-state index in [4.69, 9.17) is 11.6 Å². The largest absolute Gasteiger partial charge is 0.0843 e. The molecule has 0 heterocycles. The van der Waals surface area contributed by atoms with Crippen LogP contribution in [0.15, 0.2) is 48.5 Å². The number of halogens is 1. The number of benzene rings is 2. The maximum Gasteiger partial charge on any atom is 0.0406 e. The molecule has 0 aliphatic heterocycles. The average Bonchev–Trinajstić information content (AvgIpc) is 2.85. The lowest BCUT2D eigenvalue weighted by Gasteiger charge is -2.32. The predicted molar refractivity (Wildman–Crippen MR) is 140 cm³/mol. The minimum atomic E-state index is 0.768. The van der Waals surface area contributed by atoms with E-state index in [0.717, 1.165) is 28.7 Å². The lowest BCUT2D eigenvalue weighted by atomic mass is 9.74. The molecule has 0 radical (unpaired) electrons. The molecular formula is C31H43Cl. The second kappa shape index (κ2) is 12.3. The third kappa shape index (κ3) is 6.86. The first-order valence-corrected chi connectivity index (χ1v) is 13.9. The van der Waals surface area contributed by atoms with Crippen LogP contribution in [0.4, 0.5) is 0 Å². The molecule has 0 N–H and O–H groups in total. The second-order valence-corrected chi connectivity index (χ2v) is 11.2. The topological polar surface area (TPSA) is 0 Å². The molecular weight excluding hydrogens is 408 g/mol. The van der Waals surface area contributed by atoms with E-state index >= 15 is 0 Å². The maximum atomic E-state index is 6.03. The third-order valence-electron chi connectivity index (χ3n) is 8.57. The first-order valence-electron chi connectivity index (χ1n) is 13.6. The highest BCUT2D eigenvalue weighted by molar-refractivity contribution is 6.30. The van der Waals surface area contributed by atoms with E-state index in [1.165, 1.54) is 101 Å². The Morgan fingerprint density at radius 3 is 1.59 bits per heavy atom. The highest BCUT2D eigenvalue weighted by Gasteiger charge is 2.25. The highest BCUT2D eigenvalue weighted by atomic mass is 35.5. The summed E-state index contributed by atoms with van der Waals surface area (Å²) < 4.78 is 0. The van der Waals surface area contributed by atoms with Crippen molar-refractivity contribution in [2.75, 3.05) is 0 Å². The molecule has 0 aromatic heterocycles. The summed E-state index contributed by atoms with van der Waals surface area (Å²) in [5.41, 5.74) is 4.08. The molecule has 2 fully saturated rings. The molecule has 0 spiro atoms. The summed E-state index contributed by atoms with van der Waals surface area (Å²) in [4.78, 5) is 0. The molecule has 2 aliphatic carbocycles. The van der Waals surface area contributed by atoms with Gasteiger partial charge in [-0.2, -0.15) is 0 Å². The molecule has 2 aromatic rings. The van der Waals surface area contributed by atoms with Crippen molar-refractivity contribution in [1.82, 2.24) is 0 Å². The van der Waals surface area contributed by atoms with Gasteiger partial charge in [0, 0.05) is 5.02 Å². The molecule has 0 bridgehead atoms. The smallest absolute Gasteiger partial charge is 0.0406 e. The molecule has 0 atom stereocenters. The number of hydrogen-bond donors (Lipinski definition) is 0. The van der Waals surface area contributed by atoms with Gasteiger partial charge in [0.2, 0.25) is 0 Å². The molecule has 0 nitrogen and oxygen atoms in total. The van der Waals surface area contributed by atoms with E-state index in [0.29, 0.717) is 0 Å². The Bertz CT molecular complexity index is 774. The van der Waals surface area contributed by atoms with E-state index in [2.05, 4.69) is 43.3 Å². The zero-order valence-electron chi connectivity index (χ0n) is 20.2. The van der Waals surface area contributed by atoms with Gasteiger partial charge in [-0.05, 0) is 78.2 Å². The quantitative estimate of drug-likeness (QED) is 0.333. The van der Waals surface area contributed by atoms with Crippen LogP contribution in [0.3, 0.4) is 0 Å². The van der Waals surface area contributed by atoms with Crippen molar-refractivity contribution < 1.29 is 0 Å². The van der Waals surface area contributed by atoms with Gasteiger partial charge in [0.1, 0.15) is 0 Å². The van der Waals surface area contributed by atoms with E-state index in [-0.39, 0.29) is 0 Å². The fourth-order valence-corrected chi connectivity index (χ4v) is 6.46. The molecule has 174 valence electrons. The fourth-order valence-electron chi connectivity index (χ4n) is 6.34. The van der Waals surface area contributed by atoms with Crippen LogP contribution >= 0.6 is 11.6 Å². The van der Waals surface area contributed by atoms with Crippen molar-refractivity contribution in [2.45, 2.75) is 103 Å². The minimum absolute atomic E-state index is 0.768. The Hall–Kier alpha value is -1.27. The third-order valence-corrected chi connectivity index (χ3v) is 8.82. The average molecular weight is 451 g/mol. The van der Waals surface area contributed by atoms with Crippen LogP contribution < -0.4 is 0 Å². The molecule has 2 aromatic carbocycles. The van der Waals surface area contributed by atoms with Crippen molar-refractivity contribution in [2.24, 2.45) is 17.8 Å². The minimum Gasteiger partial charge on any atom is -0.0843 e. The first-order chi connectivity index (χ1) is 15.7. The summed E-state index contributed by atoms with van der Waals surface area (Å²) >= 11 is 6.03. The molecule has 2 saturated carbocycles. The summed E-state index contributed by atoms with van der Waals surface area (Å²) in [6.45, 7) is 2.32. The second-order valence-electron chi connectivity index (χ2n) is 10.8. The highest BCUT2D eigenvalue weighted by Crippen LogP contribution is 2.40. The van der Waals surface area contributed by atoms with Crippen molar-refractivity contribution >= 4 is 11.6 Å². The molecule has 1 heteroatoms. The van der Waals surface area contributed by atoms with E-state index in [1.807, 2.05) is 12.1 Å². The van der Waals surface area contributed by atoms with Gasteiger partial charge in [0.25, 0.3) is 0 Å². The van der Waals surface area contributed by atoms with Crippen molar-refractivity contribution in [3.63, 3.8) is 0 Å². The van der Waals surface area contributed by atoms with Gasteiger partial charge < -0.3 is 0 Å². The normalized spacial score (nSPS) is 26.2. The number of rotatable bonds is 9. The van der Waals surface area contributed by atoms with Crippen molar-refractivity contribution in [3.8, 4) is 11.1 Å². The molecule has 4 rings (SSSR count). The Kier molecular flexibility index (Phi) is 9.15. The van der Waals surface area contributed by atoms with Gasteiger partial charge in [-0.1, -0.05) is 119 Å². The Morgan fingerprint density at radius 1 is 0.594 bits per heavy atom. The standard InChI is InChI=1S/C31H43Cl/c1-2-3-4-5-24-6-8-25(9-7-24)10-11-26-12-14-27(15-13-26)28-16-18-29(19-17-28)30-20-22-31(32)23-21-30/h16-27H,2-15H2,1H3. The van der Waals surface area contributed by atoms with Crippen molar-refractivity contribution in [3.05, 3.63) is 59.1 Å². The first kappa shape index (κ1) is 23.9. The van der Waals surface area contributed by atoms with Gasteiger partial charge in [0.15, 0.2) is 0 Å². The van der Waals surface area contributed by atoms with Crippen LogP contribution in [0.25, 0.3) is 11.1 Å². The van der Waals surface area contributed by atoms with E-state index in [1.54, 1.807) is 5.56 Å². The zero-order valence-corrected chi connectivity index (χ0v) is 21.0. The van der Waals surface area contributed by atoms with Crippen LogP contribution in [0.2, 0.25) is 5.02 Å². The van der Waals surface area contributed by atoms with Crippen molar-refractivity contribution in [1.29, 1.82) is 0 Å². The van der Waals surface area contributed by atoms with E-state index < -0.39 is 0 Å². The lowest BCUT2D eigenvalue weighted by Crippen LogP contribution is -2.17. The van der Waals surface area contributed by atoms with Crippen LogP contribution in [-0.4, -0.2) is 0 Å². The monoisotopic (exact) mass is 450 g/mol. The van der Waals surface area contributed by atoms with Gasteiger partial charge in [-0.25, -0.2) is 0 Å². The summed E-state index contributed by atoms with van der Waals surface area (Å²) in [5, 5.41) is 0.803. The maximum absolute atomic E-state index is 6.03. The van der Waals surface area contributed by atoms with Gasteiger partial charge >= 0.3 is 0 Å². The number of hydrogen-bond acceptors (Lipinski definition) is 0. The van der Waals surface area contributed by atoms with Gasteiger partial charge in [-0.15, -0.1) is 0 Å². The molecule has 0 saturated heterocycles. The number of unbranched alkanes of at least 4 members (excludes halogenated alkanes) is 2. The summed E-state index contributed by atoms with van der Waals surface area (Å²) in [5.74, 6) is 3.85. The van der Waals surface area contributed by atoms with Gasteiger partial charge in [0.05, 0.1) is 0 Å². The molecule has 2 aliphatic rings. The van der Waals surface area contributed by atoms with E-state index in [9.17, 15) is 0 Å². The Balaban J connectivity index is 1.16.